The van der Waals surface area contributed by atoms with Crippen LogP contribution in [0.2, 0.25) is 0 Å². The number of H-pyrrole nitrogens is 1. The maximum atomic E-state index is 12.6. The normalized spacial score (nSPS) is 13.0. The van der Waals surface area contributed by atoms with Crippen LogP contribution in [0.1, 0.15) is 48.2 Å². The summed E-state index contributed by atoms with van der Waals surface area (Å²) in [6.45, 7) is 5.76. The molecule has 2 N–H and O–H groups in total. The van der Waals surface area contributed by atoms with Gasteiger partial charge in [0.1, 0.15) is 5.82 Å². The summed E-state index contributed by atoms with van der Waals surface area (Å²) in [5.41, 5.74) is 0.248. The smallest absolute Gasteiger partial charge is 0.336 e. The lowest BCUT2D eigenvalue weighted by atomic mass is 9.84. The number of halogens is 3. The highest BCUT2D eigenvalue weighted by Gasteiger charge is 2.30. The zero-order chi connectivity index (χ0) is 18.8. The van der Waals surface area contributed by atoms with E-state index in [4.69, 9.17) is 5.41 Å². The van der Waals surface area contributed by atoms with Gasteiger partial charge in [0.25, 0.3) is 0 Å². The van der Waals surface area contributed by atoms with Crippen LogP contribution in [-0.4, -0.2) is 22.0 Å². The minimum Gasteiger partial charge on any atom is -0.336 e. The maximum Gasteiger partial charge on any atom is 0.416 e. The molecule has 25 heavy (non-hydrogen) atoms. The van der Waals surface area contributed by atoms with Gasteiger partial charge in [0.05, 0.1) is 23.2 Å². The predicted molar refractivity (Wildman–Crippen MR) is 89.7 cm³/mol. The number of imidazole rings is 1. The van der Waals surface area contributed by atoms with Crippen molar-refractivity contribution in [2.75, 3.05) is 0 Å². The molecule has 0 aliphatic heterocycles. The number of aromatic nitrogens is 2. The van der Waals surface area contributed by atoms with Crippen LogP contribution in [0, 0.1) is 10.8 Å². The Kier molecular flexibility index (Phi) is 4.97. The van der Waals surface area contributed by atoms with E-state index in [-0.39, 0.29) is 5.71 Å². The molecular formula is C18H18F3N3O. The van der Waals surface area contributed by atoms with E-state index < -0.39 is 17.2 Å². The van der Waals surface area contributed by atoms with Gasteiger partial charge in [0.2, 0.25) is 0 Å². The molecule has 0 bridgehead atoms. The number of carbonyl (C=O) groups is 1. The highest BCUT2D eigenvalue weighted by atomic mass is 19.4. The molecule has 1 heterocycles. The average Bonchev–Trinajstić information content (AvgIpc) is 2.99. The van der Waals surface area contributed by atoms with Crippen molar-refractivity contribution >= 4 is 17.6 Å². The summed E-state index contributed by atoms with van der Waals surface area (Å²) in [5.74, 6) is 0.450. The molecule has 1 aromatic heterocycles. The molecule has 0 aliphatic carbocycles. The Morgan fingerprint density at radius 3 is 2.20 bits per heavy atom. The minimum atomic E-state index is -4.41. The largest absolute Gasteiger partial charge is 0.416 e. The van der Waals surface area contributed by atoms with Crippen LogP contribution in [0.25, 0.3) is 5.57 Å². The number of hydrogen-bond donors (Lipinski definition) is 2. The lowest BCUT2D eigenvalue weighted by Crippen LogP contribution is -2.12. The summed E-state index contributed by atoms with van der Waals surface area (Å²) in [5, 5.41) is 8.20. The van der Waals surface area contributed by atoms with E-state index in [1.54, 1.807) is 6.08 Å². The minimum absolute atomic E-state index is 0.0581. The first-order chi connectivity index (χ1) is 11.5. The first kappa shape index (κ1) is 18.6. The number of aromatic amines is 1. The van der Waals surface area contributed by atoms with E-state index in [0.29, 0.717) is 28.9 Å². The van der Waals surface area contributed by atoms with Crippen LogP contribution < -0.4 is 0 Å². The second kappa shape index (κ2) is 6.66. The van der Waals surface area contributed by atoms with Gasteiger partial charge in [-0.3, -0.25) is 4.79 Å². The molecule has 0 atom stereocenters. The molecule has 0 spiro atoms. The second-order valence-corrected chi connectivity index (χ2v) is 6.60. The van der Waals surface area contributed by atoms with E-state index in [1.807, 2.05) is 20.8 Å². The molecule has 7 heteroatoms. The quantitative estimate of drug-likeness (QED) is 0.618. The van der Waals surface area contributed by atoms with Crippen molar-refractivity contribution in [3.63, 3.8) is 0 Å². The van der Waals surface area contributed by atoms with Crippen molar-refractivity contribution in [2.45, 2.75) is 26.9 Å². The number of nitrogens with zero attached hydrogens (tertiary/aromatic N) is 1. The van der Waals surface area contributed by atoms with Gasteiger partial charge >= 0.3 is 6.18 Å². The predicted octanol–water partition coefficient (Wildman–Crippen LogP) is 4.74. The Balaban J connectivity index is 2.39. The second-order valence-electron chi connectivity index (χ2n) is 6.60. The Morgan fingerprint density at radius 2 is 1.76 bits per heavy atom. The van der Waals surface area contributed by atoms with E-state index in [9.17, 15) is 18.0 Å². The van der Waals surface area contributed by atoms with Gasteiger partial charge in [-0.05, 0) is 29.2 Å². The summed E-state index contributed by atoms with van der Waals surface area (Å²) in [6.07, 6.45) is -0.829. The standard InChI is InChI=1S/C18H18F3N3O/c1-17(2,3)14(16-23-9-13(10-25)24-16)8-15(22)11-4-6-12(7-5-11)18(19,20)21/h4-10,22H,1-3H3,(H,23,24)/b14-8+,22-15?. The van der Waals surface area contributed by atoms with Crippen LogP contribution in [-0.2, 0) is 6.18 Å². The number of carbonyl (C=O) groups excluding carboxylic acids is 1. The summed E-state index contributed by atoms with van der Waals surface area (Å²) in [7, 11) is 0. The molecule has 0 amide bonds. The Hall–Kier alpha value is -2.70. The first-order valence-corrected chi connectivity index (χ1v) is 7.51. The van der Waals surface area contributed by atoms with Gasteiger partial charge in [0, 0.05) is 5.57 Å². The third-order valence-corrected chi connectivity index (χ3v) is 3.60. The number of benzene rings is 1. The fourth-order valence-electron chi connectivity index (χ4n) is 2.24. The Bertz CT molecular complexity index is 809. The number of nitrogens with one attached hydrogen (secondary N) is 2. The topological polar surface area (TPSA) is 69.6 Å². The molecule has 0 fully saturated rings. The summed E-state index contributed by atoms with van der Waals surface area (Å²) < 4.78 is 37.9. The zero-order valence-electron chi connectivity index (χ0n) is 14.0. The van der Waals surface area contributed by atoms with Crippen molar-refractivity contribution in [1.29, 1.82) is 5.41 Å². The van der Waals surface area contributed by atoms with Crippen LogP contribution >= 0.6 is 0 Å². The van der Waals surface area contributed by atoms with Crippen molar-refractivity contribution in [1.82, 2.24) is 9.97 Å². The van der Waals surface area contributed by atoms with Gasteiger partial charge in [-0.15, -0.1) is 0 Å². The van der Waals surface area contributed by atoms with Gasteiger partial charge in [-0.1, -0.05) is 32.9 Å². The molecule has 0 unspecified atom stereocenters. The van der Waals surface area contributed by atoms with Gasteiger partial charge in [-0.25, -0.2) is 4.98 Å². The number of aldehydes is 1. The number of alkyl halides is 3. The zero-order valence-corrected chi connectivity index (χ0v) is 14.0. The molecule has 2 aromatic rings. The molecular weight excluding hydrogens is 331 g/mol. The number of hydrogen-bond acceptors (Lipinski definition) is 3. The van der Waals surface area contributed by atoms with Crippen LogP contribution in [0.15, 0.2) is 36.5 Å². The van der Waals surface area contributed by atoms with Crippen LogP contribution in [0.4, 0.5) is 13.2 Å². The summed E-state index contributed by atoms with van der Waals surface area (Å²) in [6, 6.07) is 4.43. The van der Waals surface area contributed by atoms with Crippen molar-refractivity contribution in [3.8, 4) is 0 Å². The molecule has 2 rings (SSSR count). The fourth-order valence-corrected chi connectivity index (χ4v) is 2.24. The maximum absolute atomic E-state index is 12.6. The van der Waals surface area contributed by atoms with Crippen LogP contribution in [0.3, 0.4) is 0 Å². The number of rotatable bonds is 4. The average molecular weight is 349 g/mol. The van der Waals surface area contributed by atoms with Gasteiger partial charge < -0.3 is 10.4 Å². The van der Waals surface area contributed by atoms with Crippen molar-refractivity contribution in [3.05, 3.63) is 59.2 Å². The van der Waals surface area contributed by atoms with Crippen molar-refractivity contribution in [2.24, 2.45) is 5.41 Å². The van der Waals surface area contributed by atoms with E-state index in [0.717, 1.165) is 12.1 Å². The first-order valence-electron chi connectivity index (χ1n) is 7.51. The lowest BCUT2D eigenvalue weighted by Gasteiger charge is -2.21. The van der Waals surface area contributed by atoms with E-state index >= 15 is 0 Å². The molecule has 0 radical (unpaired) electrons. The summed E-state index contributed by atoms with van der Waals surface area (Å²) in [4.78, 5) is 17.8. The molecule has 1 aromatic carbocycles. The molecule has 0 aliphatic rings. The van der Waals surface area contributed by atoms with Gasteiger partial charge in [0.15, 0.2) is 6.29 Å². The van der Waals surface area contributed by atoms with Crippen molar-refractivity contribution < 1.29 is 18.0 Å². The fraction of sp³-hybridized carbons (Fsp3) is 0.278. The summed E-state index contributed by atoms with van der Waals surface area (Å²) >= 11 is 0. The molecule has 4 nitrogen and oxygen atoms in total. The van der Waals surface area contributed by atoms with E-state index in [1.165, 1.54) is 18.3 Å². The monoisotopic (exact) mass is 349 g/mol. The highest BCUT2D eigenvalue weighted by Crippen LogP contribution is 2.33. The highest BCUT2D eigenvalue weighted by molar-refractivity contribution is 6.10. The van der Waals surface area contributed by atoms with E-state index in [2.05, 4.69) is 9.97 Å². The molecule has 0 saturated carbocycles. The van der Waals surface area contributed by atoms with Gasteiger partial charge in [-0.2, -0.15) is 13.2 Å². The van der Waals surface area contributed by atoms with Crippen LogP contribution in [0.5, 0.6) is 0 Å². The molecule has 0 saturated heterocycles. The molecule has 132 valence electrons. The third-order valence-electron chi connectivity index (χ3n) is 3.60. The number of allylic oxidation sites excluding steroid dienone is 2. The Labute approximate surface area is 143 Å². The lowest BCUT2D eigenvalue weighted by molar-refractivity contribution is -0.137. The SMILES string of the molecule is CC(C)(C)/C(=C/C(=N)c1ccc(C(F)(F)F)cc1)c1ncc(C=O)[nH]1. The third kappa shape index (κ3) is 4.43. The Morgan fingerprint density at radius 1 is 1.16 bits per heavy atom.